The Hall–Kier alpha value is -2.38. The lowest BCUT2D eigenvalue weighted by molar-refractivity contribution is -0.145. The summed E-state index contributed by atoms with van der Waals surface area (Å²) >= 11 is 3.92. The highest BCUT2D eigenvalue weighted by Crippen LogP contribution is 2.02. The summed E-state index contributed by atoms with van der Waals surface area (Å²) in [6.45, 7) is 2.53. The average Bonchev–Trinajstić information content (AvgIpc) is 2.59. The van der Waals surface area contributed by atoms with Crippen molar-refractivity contribution in [3.05, 3.63) is 0 Å². The van der Waals surface area contributed by atoms with Crippen LogP contribution in [0.2, 0.25) is 0 Å². The molecule has 12 nitrogen and oxygen atoms in total. The number of hydrogen-bond donors (Lipinski definition) is 8. The number of amides is 3. The molecule has 5 atom stereocenters. The largest absolute Gasteiger partial charge is 0.481 e. The molecular weight excluding hydrogens is 396 g/mol. The van der Waals surface area contributed by atoms with Crippen molar-refractivity contribution in [2.45, 2.75) is 57.0 Å². The summed E-state index contributed by atoms with van der Waals surface area (Å²) in [5, 5.41) is 33.8. The van der Waals surface area contributed by atoms with Gasteiger partial charge in [0.2, 0.25) is 17.7 Å². The number of aliphatic hydroxyl groups excluding tert-OH is 1. The Morgan fingerprint density at radius 2 is 1.43 bits per heavy atom. The van der Waals surface area contributed by atoms with Gasteiger partial charge < -0.3 is 37.0 Å². The number of carbonyl (C=O) groups is 5. The van der Waals surface area contributed by atoms with E-state index in [1.807, 2.05) is 0 Å². The lowest BCUT2D eigenvalue weighted by Gasteiger charge is -2.24. The van der Waals surface area contributed by atoms with Crippen molar-refractivity contribution in [3.63, 3.8) is 0 Å². The van der Waals surface area contributed by atoms with E-state index in [0.717, 1.165) is 0 Å². The van der Waals surface area contributed by atoms with Gasteiger partial charge in [-0.15, -0.1) is 0 Å². The molecule has 0 aliphatic rings. The molecule has 0 radical (unpaired) electrons. The molecule has 0 spiro atoms. The van der Waals surface area contributed by atoms with Crippen molar-refractivity contribution in [1.29, 1.82) is 0 Å². The number of carboxylic acid groups (broad SMARTS) is 2. The van der Waals surface area contributed by atoms with Crippen molar-refractivity contribution < 1.29 is 39.3 Å². The van der Waals surface area contributed by atoms with E-state index in [2.05, 4.69) is 28.6 Å². The molecule has 8 N–H and O–H groups in total. The van der Waals surface area contributed by atoms with Crippen LogP contribution in [0.5, 0.6) is 0 Å². The molecular formula is C15H26N4O8S. The third-order valence-electron chi connectivity index (χ3n) is 3.56. The second-order valence-electron chi connectivity index (χ2n) is 6.09. The zero-order valence-electron chi connectivity index (χ0n) is 15.4. The number of carboxylic acids is 2. The van der Waals surface area contributed by atoms with Gasteiger partial charge in [0.05, 0.1) is 12.1 Å². The maximum atomic E-state index is 12.4. The number of thiol groups is 1. The third kappa shape index (κ3) is 9.01. The Morgan fingerprint density at radius 3 is 1.82 bits per heavy atom. The molecule has 0 heterocycles. The minimum Gasteiger partial charge on any atom is -0.481 e. The van der Waals surface area contributed by atoms with Crippen molar-refractivity contribution >= 4 is 42.3 Å². The molecule has 0 aliphatic carbocycles. The van der Waals surface area contributed by atoms with Crippen LogP contribution in [0.25, 0.3) is 0 Å². The Kier molecular flexibility index (Phi) is 11.1. The van der Waals surface area contributed by atoms with Crippen LogP contribution in [0.15, 0.2) is 0 Å². The molecule has 5 unspecified atom stereocenters. The molecule has 0 aromatic carbocycles. The number of carbonyl (C=O) groups excluding carboxylic acids is 3. The first-order chi connectivity index (χ1) is 12.9. The zero-order valence-corrected chi connectivity index (χ0v) is 16.3. The normalized spacial score (nSPS) is 16.0. The molecule has 0 aromatic heterocycles. The molecule has 3 amide bonds. The van der Waals surface area contributed by atoms with E-state index in [-0.39, 0.29) is 12.2 Å². The van der Waals surface area contributed by atoms with Crippen LogP contribution < -0.4 is 21.7 Å². The highest BCUT2D eigenvalue weighted by molar-refractivity contribution is 7.80. The van der Waals surface area contributed by atoms with Gasteiger partial charge in [0, 0.05) is 12.2 Å². The Labute approximate surface area is 166 Å². The van der Waals surface area contributed by atoms with Crippen molar-refractivity contribution in [2.75, 3.05) is 5.75 Å². The molecule has 0 aliphatic heterocycles. The topological polar surface area (TPSA) is 208 Å². The Bertz CT molecular complexity index is 599. The molecule has 0 saturated carbocycles. The number of hydrogen-bond acceptors (Lipinski definition) is 8. The number of nitrogens with two attached hydrogens (primary N) is 1. The van der Waals surface area contributed by atoms with Gasteiger partial charge in [-0.3, -0.25) is 19.2 Å². The molecule has 0 bridgehead atoms. The molecule has 0 rings (SSSR count). The minimum absolute atomic E-state index is 0.226. The van der Waals surface area contributed by atoms with Crippen molar-refractivity contribution in [3.8, 4) is 0 Å². The molecule has 13 heteroatoms. The fourth-order valence-corrected chi connectivity index (χ4v) is 2.21. The number of aliphatic carboxylic acids is 2. The molecule has 28 heavy (non-hydrogen) atoms. The quantitative estimate of drug-likeness (QED) is 0.151. The van der Waals surface area contributed by atoms with E-state index in [0.29, 0.717) is 0 Å². The predicted molar refractivity (Wildman–Crippen MR) is 99.5 cm³/mol. The summed E-state index contributed by atoms with van der Waals surface area (Å²) in [6, 6.07) is -5.13. The summed E-state index contributed by atoms with van der Waals surface area (Å²) in [5.74, 6) is -5.39. The maximum absolute atomic E-state index is 12.4. The van der Waals surface area contributed by atoms with Gasteiger partial charge in [-0.1, -0.05) is 0 Å². The summed E-state index contributed by atoms with van der Waals surface area (Å²) in [6.07, 6.45) is -2.09. The first-order valence-electron chi connectivity index (χ1n) is 8.30. The van der Waals surface area contributed by atoms with E-state index in [1.165, 1.54) is 13.8 Å². The summed E-state index contributed by atoms with van der Waals surface area (Å²) in [4.78, 5) is 58.1. The summed E-state index contributed by atoms with van der Waals surface area (Å²) in [7, 11) is 0. The predicted octanol–water partition coefficient (Wildman–Crippen LogP) is -2.95. The van der Waals surface area contributed by atoms with Gasteiger partial charge in [-0.05, 0) is 20.3 Å². The van der Waals surface area contributed by atoms with Crippen molar-refractivity contribution in [1.82, 2.24) is 16.0 Å². The van der Waals surface area contributed by atoms with E-state index < -0.39 is 66.4 Å². The Balaban J connectivity index is 5.19. The maximum Gasteiger partial charge on any atom is 0.328 e. The number of nitrogens with one attached hydrogen (secondary N) is 3. The van der Waals surface area contributed by atoms with Crippen LogP contribution in [-0.4, -0.2) is 81.0 Å². The second-order valence-corrected chi connectivity index (χ2v) is 6.46. The van der Waals surface area contributed by atoms with E-state index in [9.17, 15) is 29.1 Å². The van der Waals surface area contributed by atoms with Gasteiger partial charge in [-0.2, -0.15) is 12.6 Å². The van der Waals surface area contributed by atoms with E-state index in [4.69, 9.17) is 15.9 Å². The average molecular weight is 422 g/mol. The van der Waals surface area contributed by atoms with Crippen LogP contribution in [0.4, 0.5) is 0 Å². The first-order valence-corrected chi connectivity index (χ1v) is 8.94. The van der Waals surface area contributed by atoms with Crippen LogP contribution >= 0.6 is 12.6 Å². The number of aliphatic hydroxyl groups is 1. The van der Waals surface area contributed by atoms with Gasteiger partial charge >= 0.3 is 11.9 Å². The van der Waals surface area contributed by atoms with Gasteiger partial charge in [-0.25, -0.2) is 4.79 Å². The molecule has 160 valence electrons. The monoisotopic (exact) mass is 422 g/mol. The molecule has 0 aromatic rings. The Morgan fingerprint density at radius 1 is 0.929 bits per heavy atom. The van der Waals surface area contributed by atoms with E-state index >= 15 is 0 Å². The van der Waals surface area contributed by atoms with Gasteiger partial charge in [0.15, 0.2) is 6.04 Å². The summed E-state index contributed by atoms with van der Waals surface area (Å²) in [5.41, 5.74) is 5.41. The van der Waals surface area contributed by atoms with Crippen LogP contribution in [-0.2, 0) is 24.0 Å². The lowest BCUT2D eigenvalue weighted by atomic mass is 10.1. The minimum atomic E-state index is -1.60. The highest BCUT2D eigenvalue weighted by Gasteiger charge is 2.31. The van der Waals surface area contributed by atoms with Crippen LogP contribution in [0.3, 0.4) is 0 Å². The van der Waals surface area contributed by atoms with Gasteiger partial charge in [0.1, 0.15) is 12.1 Å². The van der Waals surface area contributed by atoms with Crippen LogP contribution in [0.1, 0.15) is 26.7 Å². The SMILES string of the molecule is CC(N)C(=O)NC(CCC(=O)O)C(=O)NC(CS)C(=O)NC(C(=O)O)C(C)O. The standard InChI is InChI=1S/C15H26N4O8S/c1-6(16)12(23)17-8(3-4-10(21)22)13(24)18-9(5-28)14(25)19-11(7(2)20)15(26)27/h6-9,11,20,28H,3-5,16H2,1-2H3,(H,17,23)(H,18,24)(H,19,25)(H,21,22)(H,26,27). The van der Waals surface area contributed by atoms with Gasteiger partial charge in [0.25, 0.3) is 0 Å². The molecule has 0 fully saturated rings. The smallest absolute Gasteiger partial charge is 0.328 e. The fourth-order valence-electron chi connectivity index (χ4n) is 1.95. The van der Waals surface area contributed by atoms with Crippen LogP contribution in [0, 0.1) is 0 Å². The zero-order chi connectivity index (χ0) is 22.0. The third-order valence-corrected chi connectivity index (χ3v) is 3.92. The number of rotatable bonds is 12. The first kappa shape index (κ1) is 25.6. The lowest BCUT2D eigenvalue weighted by Crippen LogP contribution is -2.58. The fraction of sp³-hybridized carbons (Fsp3) is 0.667. The second kappa shape index (κ2) is 12.2. The van der Waals surface area contributed by atoms with E-state index in [1.54, 1.807) is 0 Å². The van der Waals surface area contributed by atoms with Crippen molar-refractivity contribution in [2.24, 2.45) is 5.73 Å². The summed E-state index contributed by atoms with van der Waals surface area (Å²) < 4.78 is 0. The highest BCUT2D eigenvalue weighted by atomic mass is 32.1. The molecule has 0 saturated heterocycles.